The largest absolute Gasteiger partial charge is 0.425 e. The summed E-state index contributed by atoms with van der Waals surface area (Å²) in [5.41, 5.74) is 6.51. The predicted octanol–water partition coefficient (Wildman–Crippen LogP) is 2.89. The van der Waals surface area contributed by atoms with Crippen LogP contribution in [-0.2, 0) is 6.42 Å². The van der Waals surface area contributed by atoms with Crippen LogP contribution in [0.25, 0.3) is 0 Å². The molecule has 1 aromatic rings. The maximum atomic E-state index is 6.15. The average molecular weight is 275 g/mol. The molecule has 1 unspecified atom stereocenters. The summed E-state index contributed by atoms with van der Waals surface area (Å²) in [7, 11) is 0. The second-order valence-corrected chi connectivity index (χ2v) is 7.46. The molecule has 4 bridgehead atoms. The Bertz CT molecular complexity index is 460. The number of aryl methyl sites for hydroxylation is 1. The van der Waals surface area contributed by atoms with Crippen LogP contribution < -0.4 is 5.73 Å². The van der Waals surface area contributed by atoms with Gasteiger partial charge in [0.25, 0.3) is 0 Å². The number of hydrogen-bond acceptors (Lipinski definition) is 4. The van der Waals surface area contributed by atoms with Crippen LogP contribution in [0.1, 0.15) is 63.1 Å². The highest BCUT2D eigenvalue weighted by Gasteiger charge is 2.55. The molecule has 0 amide bonds. The van der Waals surface area contributed by atoms with Crippen LogP contribution >= 0.6 is 0 Å². The summed E-state index contributed by atoms with van der Waals surface area (Å²) in [6, 6.07) is 0. The molecule has 0 aromatic carbocycles. The molecule has 4 heteroatoms. The van der Waals surface area contributed by atoms with Gasteiger partial charge in [0.1, 0.15) is 0 Å². The van der Waals surface area contributed by atoms with Crippen molar-refractivity contribution in [1.29, 1.82) is 0 Å². The first kappa shape index (κ1) is 12.8. The summed E-state index contributed by atoms with van der Waals surface area (Å²) in [6.07, 6.45) is 9.20. The van der Waals surface area contributed by atoms with Crippen LogP contribution in [0.3, 0.4) is 0 Å². The third kappa shape index (κ3) is 1.84. The van der Waals surface area contributed by atoms with Crippen molar-refractivity contribution in [1.82, 2.24) is 10.2 Å². The van der Waals surface area contributed by atoms with E-state index in [0.717, 1.165) is 36.0 Å². The number of hydrogen-bond donors (Lipinski definition) is 1. The Labute approximate surface area is 120 Å². The SMILES string of the molecule is CCc1nnc(C(CN)C23CC4CC(CC(C4)C2)C3)o1. The second kappa shape index (κ2) is 4.55. The van der Waals surface area contributed by atoms with Crippen LogP contribution in [0.4, 0.5) is 0 Å². The van der Waals surface area contributed by atoms with Gasteiger partial charge in [-0.2, -0.15) is 0 Å². The molecule has 2 N–H and O–H groups in total. The van der Waals surface area contributed by atoms with E-state index in [2.05, 4.69) is 17.1 Å². The third-order valence-electron chi connectivity index (χ3n) is 6.14. The van der Waals surface area contributed by atoms with Gasteiger partial charge in [-0.05, 0) is 61.7 Å². The molecule has 4 aliphatic rings. The molecule has 4 nitrogen and oxygen atoms in total. The van der Waals surface area contributed by atoms with Gasteiger partial charge in [0.15, 0.2) is 0 Å². The van der Waals surface area contributed by atoms with Crippen molar-refractivity contribution in [3.63, 3.8) is 0 Å². The van der Waals surface area contributed by atoms with Gasteiger partial charge in [-0.1, -0.05) is 6.92 Å². The van der Waals surface area contributed by atoms with Crippen molar-refractivity contribution in [3.05, 3.63) is 11.8 Å². The van der Waals surface area contributed by atoms with Crippen LogP contribution in [0.2, 0.25) is 0 Å². The van der Waals surface area contributed by atoms with E-state index >= 15 is 0 Å². The van der Waals surface area contributed by atoms with Crippen LogP contribution in [-0.4, -0.2) is 16.7 Å². The van der Waals surface area contributed by atoms with Gasteiger partial charge in [-0.15, -0.1) is 10.2 Å². The van der Waals surface area contributed by atoms with Crippen molar-refractivity contribution < 1.29 is 4.42 Å². The normalized spacial score (nSPS) is 40.2. The molecule has 5 rings (SSSR count). The number of nitrogens with zero attached hydrogens (tertiary/aromatic N) is 2. The molecule has 1 aromatic heterocycles. The number of nitrogens with two attached hydrogens (primary N) is 1. The summed E-state index contributed by atoms with van der Waals surface area (Å²) >= 11 is 0. The van der Waals surface area contributed by atoms with E-state index in [1.807, 2.05) is 0 Å². The number of aromatic nitrogens is 2. The van der Waals surface area contributed by atoms with Gasteiger partial charge < -0.3 is 10.2 Å². The molecular weight excluding hydrogens is 250 g/mol. The molecule has 0 saturated heterocycles. The summed E-state index contributed by atoms with van der Waals surface area (Å²) < 4.78 is 5.87. The van der Waals surface area contributed by atoms with E-state index in [1.54, 1.807) is 0 Å². The zero-order valence-electron chi connectivity index (χ0n) is 12.3. The highest BCUT2D eigenvalue weighted by molar-refractivity contribution is 5.11. The average Bonchev–Trinajstić information content (AvgIpc) is 2.86. The summed E-state index contributed by atoms with van der Waals surface area (Å²) in [5, 5.41) is 8.48. The second-order valence-electron chi connectivity index (χ2n) is 7.46. The Morgan fingerprint density at radius 3 is 2.20 bits per heavy atom. The highest BCUT2D eigenvalue weighted by Crippen LogP contribution is 2.64. The van der Waals surface area contributed by atoms with Crippen molar-refractivity contribution in [2.75, 3.05) is 6.54 Å². The zero-order valence-corrected chi connectivity index (χ0v) is 12.3. The topological polar surface area (TPSA) is 64.9 Å². The lowest BCUT2D eigenvalue weighted by Gasteiger charge is -2.58. The van der Waals surface area contributed by atoms with Gasteiger partial charge in [-0.25, -0.2) is 0 Å². The molecule has 0 aliphatic heterocycles. The minimum Gasteiger partial charge on any atom is -0.425 e. The highest BCUT2D eigenvalue weighted by atomic mass is 16.4. The Morgan fingerprint density at radius 2 is 1.75 bits per heavy atom. The van der Waals surface area contributed by atoms with Gasteiger partial charge in [0.2, 0.25) is 11.8 Å². The van der Waals surface area contributed by atoms with Crippen LogP contribution in [0.15, 0.2) is 4.42 Å². The third-order valence-corrected chi connectivity index (χ3v) is 6.14. The molecule has 0 radical (unpaired) electrons. The first-order chi connectivity index (χ1) is 9.72. The van der Waals surface area contributed by atoms with E-state index in [9.17, 15) is 0 Å². The van der Waals surface area contributed by atoms with E-state index in [4.69, 9.17) is 10.2 Å². The maximum absolute atomic E-state index is 6.15. The zero-order chi connectivity index (χ0) is 13.7. The quantitative estimate of drug-likeness (QED) is 0.917. The molecule has 20 heavy (non-hydrogen) atoms. The van der Waals surface area contributed by atoms with Gasteiger partial charge in [0.05, 0.1) is 5.92 Å². The van der Waals surface area contributed by atoms with Crippen molar-refractivity contribution in [2.45, 2.75) is 57.8 Å². The molecule has 4 aliphatic carbocycles. The fraction of sp³-hybridized carbons (Fsp3) is 0.875. The van der Waals surface area contributed by atoms with E-state index in [0.29, 0.717) is 12.0 Å². The first-order valence-electron chi connectivity index (χ1n) is 8.24. The molecule has 1 atom stereocenters. The standard InChI is InChI=1S/C16H25N3O/c1-2-14-18-19-15(20-14)13(9-17)16-6-10-3-11(7-16)5-12(4-10)8-16/h10-13H,2-9,17H2,1H3. The maximum Gasteiger partial charge on any atom is 0.221 e. The molecule has 0 spiro atoms. The number of rotatable bonds is 4. The van der Waals surface area contributed by atoms with E-state index < -0.39 is 0 Å². The smallest absolute Gasteiger partial charge is 0.221 e. The predicted molar refractivity (Wildman–Crippen MR) is 76.1 cm³/mol. The van der Waals surface area contributed by atoms with Gasteiger partial charge >= 0.3 is 0 Å². The monoisotopic (exact) mass is 275 g/mol. The lowest BCUT2D eigenvalue weighted by Crippen LogP contribution is -2.50. The van der Waals surface area contributed by atoms with Crippen LogP contribution in [0, 0.1) is 23.2 Å². The Balaban J connectivity index is 1.66. The van der Waals surface area contributed by atoms with Crippen molar-refractivity contribution >= 4 is 0 Å². The Kier molecular flexibility index (Phi) is 2.92. The summed E-state index contributed by atoms with van der Waals surface area (Å²) in [4.78, 5) is 0. The van der Waals surface area contributed by atoms with Gasteiger partial charge in [-0.3, -0.25) is 0 Å². The molecular formula is C16H25N3O. The molecule has 110 valence electrons. The van der Waals surface area contributed by atoms with E-state index in [1.165, 1.54) is 38.5 Å². The minimum atomic E-state index is 0.281. The fourth-order valence-corrected chi connectivity index (χ4v) is 5.77. The van der Waals surface area contributed by atoms with Crippen molar-refractivity contribution in [3.8, 4) is 0 Å². The van der Waals surface area contributed by atoms with Crippen LogP contribution in [0.5, 0.6) is 0 Å². The Hall–Kier alpha value is -0.900. The minimum absolute atomic E-state index is 0.281. The molecule has 4 saturated carbocycles. The van der Waals surface area contributed by atoms with E-state index in [-0.39, 0.29) is 5.92 Å². The molecule has 4 fully saturated rings. The van der Waals surface area contributed by atoms with Gasteiger partial charge in [0, 0.05) is 13.0 Å². The van der Waals surface area contributed by atoms with Crippen molar-refractivity contribution in [2.24, 2.45) is 28.9 Å². The Morgan fingerprint density at radius 1 is 1.15 bits per heavy atom. The summed E-state index contributed by atoms with van der Waals surface area (Å²) in [5.74, 6) is 4.65. The molecule has 1 heterocycles. The lowest BCUT2D eigenvalue weighted by atomic mass is 9.46. The fourth-order valence-electron chi connectivity index (χ4n) is 5.77. The lowest BCUT2D eigenvalue weighted by molar-refractivity contribution is -0.0712. The first-order valence-corrected chi connectivity index (χ1v) is 8.24. The summed E-state index contributed by atoms with van der Waals surface area (Å²) in [6.45, 7) is 2.71.